The van der Waals surface area contributed by atoms with Gasteiger partial charge in [-0.05, 0) is 32.4 Å². The highest BCUT2D eigenvalue weighted by Gasteiger charge is 2.13. The first-order chi connectivity index (χ1) is 7.86. The Kier molecular flexibility index (Phi) is 7.76. The zero-order valence-corrected chi connectivity index (χ0v) is 10.2. The van der Waals surface area contributed by atoms with Crippen molar-refractivity contribution < 1.29 is 10.2 Å². The number of aliphatic hydroxyl groups is 2. The van der Waals surface area contributed by atoms with Crippen LogP contribution in [0.5, 0.6) is 0 Å². The molecule has 3 N–H and O–H groups in total. The first-order valence-electron chi connectivity index (χ1n) is 6.54. The van der Waals surface area contributed by atoms with Crippen LogP contribution in [0.25, 0.3) is 0 Å². The minimum Gasteiger partial charge on any atom is -0.395 e. The molecule has 0 aromatic heterocycles. The van der Waals surface area contributed by atoms with Crippen LogP contribution in [0.2, 0.25) is 0 Å². The van der Waals surface area contributed by atoms with Gasteiger partial charge in [0.1, 0.15) is 0 Å². The van der Waals surface area contributed by atoms with Crippen LogP contribution >= 0.6 is 0 Å². The highest BCUT2D eigenvalue weighted by molar-refractivity contribution is 4.73. The summed E-state index contributed by atoms with van der Waals surface area (Å²) in [4.78, 5) is 2.11. The summed E-state index contributed by atoms with van der Waals surface area (Å²) in [7, 11) is 0. The molecule has 0 aromatic rings. The van der Waals surface area contributed by atoms with Crippen molar-refractivity contribution in [1.82, 2.24) is 10.2 Å². The van der Waals surface area contributed by atoms with Crippen LogP contribution in [0.1, 0.15) is 32.1 Å². The van der Waals surface area contributed by atoms with Gasteiger partial charge < -0.3 is 15.5 Å². The fourth-order valence-electron chi connectivity index (χ4n) is 2.36. The van der Waals surface area contributed by atoms with Gasteiger partial charge in [0.25, 0.3) is 0 Å². The predicted molar refractivity (Wildman–Crippen MR) is 65.5 cm³/mol. The van der Waals surface area contributed by atoms with Crippen molar-refractivity contribution in [2.24, 2.45) is 0 Å². The van der Waals surface area contributed by atoms with E-state index in [-0.39, 0.29) is 13.2 Å². The molecule has 96 valence electrons. The molecule has 4 heteroatoms. The van der Waals surface area contributed by atoms with Crippen LogP contribution in [0.4, 0.5) is 0 Å². The van der Waals surface area contributed by atoms with Gasteiger partial charge in [-0.25, -0.2) is 0 Å². The summed E-state index contributed by atoms with van der Waals surface area (Å²) in [5.74, 6) is 0. The van der Waals surface area contributed by atoms with Crippen molar-refractivity contribution in [3.8, 4) is 0 Å². The van der Waals surface area contributed by atoms with E-state index in [4.69, 9.17) is 10.2 Å². The molecule has 0 unspecified atom stereocenters. The van der Waals surface area contributed by atoms with E-state index < -0.39 is 0 Å². The average Bonchev–Trinajstić information content (AvgIpc) is 2.78. The van der Waals surface area contributed by atoms with E-state index in [0.29, 0.717) is 13.1 Å². The summed E-state index contributed by atoms with van der Waals surface area (Å²) in [6.07, 6.45) is 6.50. The molecule has 0 atom stereocenters. The predicted octanol–water partition coefficient (Wildman–Crippen LogP) is 0.195. The quantitative estimate of drug-likeness (QED) is 0.495. The highest BCUT2D eigenvalue weighted by atomic mass is 16.3. The molecular formula is C12H26N2O2. The van der Waals surface area contributed by atoms with E-state index in [9.17, 15) is 0 Å². The first-order valence-corrected chi connectivity index (χ1v) is 6.54. The SMILES string of the molecule is OCCN(CCO)CCCNC1CCCC1. The van der Waals surface area contributed by atoms with Gasteiger partial charge in [-0.1, -0.05) is 12.8 Å². The van der Waals surface area contributed by atoms with Crippen LogP contribution in [-0.4, -0.2) is 60.5 Å². The van der Waals surface area contributed by atoms with Crippen LogP contribution in [0.15, 0.2) is 0 Å². The fourth-order valence-corrected chi connectivity index (χ4v) is 2.36. The zero-order valence-electron chi connectivity index (χ0n) is 10.2. The lowest BCUT2D eigenvalue weighted by molar-refractivity contribution is 0.159. The smallest absolute Gasteiger partial charge is 0.0558 e. The zero-order chi connectivity index (χ0) is 11.6. The van der Waals surface area contributed by atoms with Crippen molar-refractivity contribution in [2.45, 2.75) is 38.1 Å². The number of nitrogens with zero attached hydrogens (tertiary/aromatic N) is 1. The molecule has 1 rings (SSSR count). The Morgan fingerprint density at radius 2 is 1.62 bits per heavy atom. The number of hydrogen-bond acceptors (Lipinski definition) is 4. The molecular weight excluding hydrogens is 204 g/mol. The Balaban J connectivity index is 1.98. The van der Waals surface area contributed by atoms with Crippen molar-refractivity contribution in [3.05, 3.63) is 0 Å². The van der Waals surface area contributed by atoms with Gasteiger partial charge in [-0.3, -0.25) is 4.90 Å². The molecule has 0 radical (unpaired) electrons. The third-order valence-corrected chi connectivity index (χ3v) is 3.27. The maximum atomic E-state index is 8.85. The molecule has 16 heavy (non-hydrogen) atoms. The third-order valence-electron chi connectivity index (χ3n) is 3.27. The maximum Gasteiger partial charge on any atom is 0.0558 e. The Morgan fingerprint density at radius 3 is 2.19 bits per heavy atom. The van der Waals surface area contributed by atoms with E-state index in [1.54, 1.807) is 0 Å². The minimum absolute atomic E-state index is 0.177. The second-order valence-electron chi connectivity index (χ2n) is 4.58. The summed E-state index contributed by atoms with van der Waals surface area (Å²) in [5.41, 5.74) is 0. The van der Waals surface area contributed by atoms with Gasteiger partial charge in [0, 0.05) is 19.1 Å². The van der Waals surface area contributed by atoms with Crippen LogP contribution in [0, 0.1) is 0 Å². The number of aliphatic hydroxyl groups excluding tert-OH is 2. The van der Waals surface area contributed by atoms with E-state index in [0.717, 1.165) is 25.6 Å². The van der Waals surface area contributed by atoms with Crippen molar-refractivity contribution in [1.29, 1.82) is 0 Å². The van der Waals surface area contributed by atoms with Crippen molar-refractivity contribution >= 4 is 0 Å². The van der Waals surface area contributed by atoms with Gasteiger partial charge in [0.05, 0.1) is 13.2 Å². The third kappa shape index (κ3) is 5.80. The Morgan fingerprint density at radius 1 is 1.00 bits per heavy atom. The number of rotatable bonds is 9. The Bertz CT molecular complexity index is 155. The largest absolute Gasteiger partial charge is 0.395 e. The molecule has 0 saturated heterocycles. The first kappa shape index (κ1) is 13.9. The average molecular weight is 230 g/mol. The second-order valence-corrected chi connectivity index (χ2v) is 4.58. The lowest BCUT2D eigenvalue weighted by Gasteiger charge is -2.20. The van der Waals surface area contributed by atoms with Gasteiger partial charge in [0.2, 0.25) is 0 Å². The van der Waals surface area contributed by atoms with Gasteiger partial charge in [0.15, 0.2) is 0 Å². The van der Waals surface area contributed by atoms with E-state index in [2.05, 4.69) is 10.2 Å². The van der Waals surface area contributed by atoms with E-state index in [1.165, 1.54) is 25.7 Å². The Hall–Kier alpha value is -0.160. The van der Waals surface area contributed by atoms with E-state index in [1.807, 2.05) is 0 Å². The molecule has 1 aliphatic carbocycles. The molecule has 0 amide bonds. The van der Waals surface area contributed by atoms with Crippen LogP contribution < -0.4 is 5.32 Å². The summed E-state index contributed by atoms with van der Waals surface area (Å²) in [6.45, 7) is 3.71. The Labute approximate surface area is 98.6 Å². The van der Waals surface area contributed by atoms with Crippen molar-refractivity contribution in [3.63, 3.8) is 0 Å². The fraction of sp³-hybridized carbons (Fsp3) is 1.00. The highest BCUT2D eigenvalue weighted by Crippen LogP contribution is 2.17. The molecule has 1 saturated carbocycles. The van der Waals surface area contributed by atoms with Crippen LogP contribution in [-0.2, 0) is 0 Å². The topological polar surface area (TPSA) is 55.7 Å². The number of nitrogens with one attached hydrogen (secondary N) is 1. The molecule has 1 fully saturated rings. The standard InChI is InChI=1S/C12H26N2O2/c15-10-8-14(9-11-16)7-3-6-13-12-4-1-2-5-12/h12-13,15-16H,1-11H2. The molecule has 1 aliphatic rings. The molecule has 0 spiro atoms. The molecule has 0 bridgehead atoms. The minimum atomic E-state index is 0.177. The molecule has 0 aromatic carbocycles. The van der Waals surface area contributed by atoms with E-state index >= 15 is 0 Å². The second kappa shape index (κ2) is 8.93. The lowest BCUT2D eigenvalue weighted by Crippen LogP contribution is -2.34. The van der Waals surface area contributed by atoms with Crippen LogP contribution in [0.3, 0.4) is 0 Å². The van der Waals surface area contributed by atoms with Crippen molar-refractivity contribution in [2.75, 3.05) is 39.4 Å². The van der Waals surface area contributed by atoms with Gasteiger partial charge in [-0.2, -0.15) is 0 Å². The monoisotopic (exact) mass is 230 g/mol. The van der Waals surface area contributed by atoms with Gasteiger partial charge in [-0.15, -0.1) is 0 Å². The molecule has 0 aliphatic heterocycles. The number of hydrogen-bond donors (Lipinski definition) is 3. The molecule has 4 nitrogen and oxygen atoms in total. The summed E-state index contributed by atoms with van der Waals surface area (Å²) >= 11 is 0. The normalized spacial score (nSPS) is 17.4. The summed E-state index contributed by atoms with van der Waals surface area (Å²) < 4.78 is 0. The summed E-state index contributed by atoms with van der Waals surface area (Å²) in [6, 6.07) is 0.740. The maximum absolute atomic E-state index is 8.85. The lowest BCUT2D eigenvalue weighted by atomic mass is 10.2. The summed E-state index contributed by atoms with van der Waals surface area (Å²) in [5, 5.41) is 21.3. The van der Waals surface area contributed by atoms with Gasteiger partial charge >= 0.3 is 0 Å². The molecule has 0 heterocycles.